The Labute approximate surface area is 314 Å². The molecule has 5 unspecified atom stereocenters. The van der Waals surface area contributed by atoms with Gasteiger partial charge in [0, 0.05) is 63.2 Å². The molecule has 0 bridgehead atoms. The van der Waals surface area contributed by atoms with Crippen molar-refractivity contribution in [2.45, 2.75) is 57.5 Å². The van der Waals surface area contributed by atoms with E-state index in [1.165, 1.54) is 34.2 Å². The summed E-state index contributed by atoms with van der Waals surface area (Å²) in [6.07, 6.45) is -4.47. The molecule has 50 heavy (non-hydrogen) atoms. The van der Waals surface area contributed by atoms with Crippen molar-refractivity contribution in [1.82, 2.24) is 4.57 Å². The minimum atomic E-state index is -1.19. The molecular formula is C37H40AuNO9PS. The fourth-order valence-corrected chi connectivity index (χ4v) is 8.56. The molecule has 4 aromatic rings. The summed E-state index contributed by atoms with van der Waals surface area (Å²) in [7, 11) is 1.16. The monoisotopic (exact) mass is 902 g/mol. The number of carbonyl (C=O) groups excluding carboxylic acids is 4. The Hall–Kier alpha value is -3.70. The number of rotatable bonds is 9. The van der Waals surface area contributed by atoms with E-state index in [1.54, 1.807) is 0 Å². The molecule has 13 heteroatoms. The normalized spacial score (nSPS) is 19.5. The van der Waals surface area contributed by atoms with Gasteiger partial charge in [-0.1, -0.05) is 66.7 Å². The van der Waals surface area contributed by atoms with Gasteiger partial charge in [-0.25, -0.2) is 0 Å². The van der Waals surface area contributed by atoms with Gasteiger partial charge in [0.15, 0.2) is 17.6 Å². The van der Waals surface area contributed by atoms with Crippen molar-refractivity contribution in [3.05, 3.63) is 103 Å². The molecule has 5 atom stereocenters. The van der Waals surface area contributed by atoms with Crippen molar-refractivity contribution >= 4 is 60.5 Å². The van der Waals surface area contributed by atoms with Gasteiger partial charge in [-0.2, -0.15) is 0 Å². The first-order chi connectivity index (χ1) is 23.5. The van der Waals surface area contributed by atoms with Crippen molar-refractivity contribution in [3.8, 4) is 11.3 Å². The van der Waals surface area contributed by atoms with Gasteiger partial charge >= 0.3 is 23.9 Å². The molecule has 0 spiro atoms. The van der Waals surface area contributed by atoms with Crippen LogP contribution in [0.2, 0.25) is 0 Å². The maximum atomic E-state index is 11.4. The molecule has 0 N–H and O–H groups in total. The first-order valence-corrected chi connectivity index (χ1v) is 17.6. The number of esters is 4. The molecule has 5 rings (SSSR count). The van der Waals surface area contributed by atoms with Crippen LogP contribution in [0.4, 0.5) is 0 Å². The molecule has 10 nitrogen and oxygen atoms in total. The summed E-state index contributed by atoms with van der Waals surface area (Å²) in [6.45, 7) is 4.36. The van der Waals surface area contributed by atoms with Crippen LogP contribution in [0.1, 0.15) is 27.7 Å². The van der Waals surface area contributed by atoms with E-state index in [-0.39, 0.29) is 29.0 Å². The van der Waals surface area contributed by atoms with E-state index < -0.39 is 61.7 Å². The van der Waals surface area contributed by atoms with Crippen LogP contribution in [-0.2, 0) is 84.9 Å². The molecule has 1 radical (unpaired) electrons. The molecule has 269 valence electrons. The summed E-state index contributed by atoms with van der Waals surface area (Å²) >= 11 is 5.11. The molecule has 1 saturated heterocycles. The zero-order chi connectivity index (χ0) is 35.5. The number of aromatic nitrogens is 1. The van der Waals surface area contributed by atoms with Crippen LogP contribution in [-0.4, -0.2) is 64.9 Å². The van der Waals surface area contributed by atoms with E-state index in [0.717, 1.165) is 20.8 Å². The molecule has 1 aromatic heterocycles. The zero-order valence-electron chi connectivity index (χ0n) is 28.2. The summed E-state index contributed by atoms with van der Waals surface area (Å²) in [4.78, 5) is 45.0. The van der Waals surface area contributed by atoms with Crippen molar-refractivity contribution in [2.24, 2.45) is 7.05 Å². The van der Waals surface area contributed by atoms with Gasteiger partial charge in [-0.3, -0.25) is 19.2 Å². The Kier molecular flexibility index (Phi) is 16.0. The molecular weight excluding hydrogens is 862 g/mol. The number of hydrogen-bond donors (Lipinski definition) is 0. The maximum Gasteiger partial charge on any atom is 0.303 e. The van der Waals surface area contributed by atoms with Crippen molar-refractivity contribution < 1.29 is 65.2 Å². The van der Waals surface area contributed by atoms with E-state index in [2.05, 4.69) is 115 Å². The minimum absolute atomic E-state index is 0. The Morgan fingerprint density at radius 1 is 0.660 bits per heavy atom. The quantitative estimate of drug-likeness (QED) is 0.0808. The molecule has 1 aliphatic rings. The molecule has 0 aliphatic carbocycles. The summed E-state index contributed by atoms with van der Waals surface area (Å²) in [5.74, 6) is -2.62. The first-order valence-electron chi connectivity index (χ1n) is 15.6. The van der Waals surface area contributed by atoms with Crippen LogP contribution in [0.5, 0.6) is 0 Å². The second kappa shape index (κ2) is 19.6. The average Bonchev–Trinajstić information content (AvgIpc) is 3.45. The standard InChI is InChI=1S/C23H20NP.C14H20O9S.Au/c1-24-22(19-11-5-2-6-12-19)17-18-23(24)25(20-13-7-3-8-14-20)21-15-9-4-10-16-21;1-6(15)19-5-10-11(20-7(2)16)12(21-8(3)17)13(14(24)23-10)22-9(4)18;/h2-18H,1H3;10-14,24H,5H2,1-4H3;. The molecule has 3 aromatic carbocycles. The number of nitrogens with zero attached hydrogens (tertiary/aromatic N) is 1. The van der Waals surface area contributed by atoms with Crippen LogP contribution in [0.25, 0.3) is 11.3 Å². The number of benzene rings is 3. The average molecular weight is 903 g/mol. The summed E-state index contributed by atoms with van der Waals surface area (Å²) in [5, 5.41) is 2.83. The Bertz CT molecular complexity index is 1670. The molecule has 0 saturated carbocycles. The van der Waals surface area contributed by atoms with Crippen molar-refractivity contribution in [3.63, 3.8) is 0 Å². The third-order valence-electron chi connectivity index (χ3n) is 7.52. The van der Waals surface area contributed by atoms with Gasteiger partial charge in [0.25, 0.3) is 0 Å². The van der Waals surface area contributed by atoms with Crippen LogP contribution < -0.4 is 16.0 Å². The topological polar surface area (TPSA) is 119 Å². The smallest absolute Gasteiger partial charge is 0.303 e. The van der Waals surface area contributed by atoms with Crippen LogP contribution in [0.15, 0.2) is 103 Å². The predicted octanol–water partition coefficient (Wildman–Crippen LogP) is 3.80. The first kappa shape index (κ1) is 40.7. The van der Waals surface area contributed by atoms with Gasteiger partial charge in [-0.05, 0) is 41.3 Å². The zero-order valence-corrected chi connectivity index (χ0v) is 32.2. The van der Waals surface area contributed by atoms with E-state index in [1.807, 2.05) is 0 Å². The molecule has 0 amide bonds. The van der Waals surface area contributed by atoms with Gasteiger partial charge in [0.1, 0.15) is 37.3 Å². The summed E-state index contributed by atoms with van der Waals surface area (Å²) < 4.78 is 28.0. The van der Waals surface area contributed by atoms with Crippen LogP contribution in [0, 0.1) is 0 Å². The summed E-state index contributed by atoms with van der Waals surface area (Å²) in [5.41, 5.74) is 2.84. The third kappa shape index (κ3) is 11.2. The summed E-state index contributed by atoms with van der Waals surface area (Å²) in [6, 6.07) is 37.0. The van der Waals surface area contributed by atoms with Gasteiger partial charge < -0.3 is 40.9 Å². The molecule has 2 heterocycles. The molecule has 1 fully saturated rings. The predicted molar refractivity (Wildman–Crippen MR) is 190 cm³/mol. The van der Waals surface area contributed by atoms with Gasteiger partial charge in [0.2, 0.25) is 0 Å². The maximum absolute atomic E-state index is 11.4. The Morgan fingerprint density at radius 3 is 1.60 bits per heavy atom. The number of ether oxygens (including phenoxy) is 5. The van der Waals surface area contributed by atoms with Crippen LogP contribution in [0.3, 0.4) is 0 Å². The SMILES string of the molecule is CC(=O)OCC1OC([S-])C(OC(C)=O)C(OC(C)=O)C1OC(C)=O.Cn1c(-c2ccccc2)ccc1[PH+](c1ccccc1)c1ccccc1.[Au]. The van der Waals surface area contributed by atoms with Crippen molar-refractivity contribution in [1.29, 1.82) is 0 Å². The van der Waals surface area contributed by atoms with Gasteiger partial charge in [-0.15, -0.1) is 0 Å². The molecule has 1 aliphatic heterocycles. The number of carbonyl (C=O) groups is 4. The Balaban J connectivity index is 0.000000266. The third-order valence-corrected chi connectivity index (χ3v) is 10.7. The van der Waals surface area contributed by atoms with E-state index in [9.17, 15) is 19.2 Å². The van der Waals surface area contributed by atoms with E-state index >= 15 is 0 Å². The van der Waals surface area contributed by atoms with Crippen molar-refractivity contribution in [2.75, 3.05) is 6.61 Å². The minimum Gasteiger partial charge on any atom is -0.757 e. The van der Waals surface area contributed by atoms with E-state index in [0.29, 0.717) is 0 Å². The van der Waals surface area contributed by atoms with Crippen LogP contribution >= 0.6 is 7.92 Å². The Morgan fingerprint density at radius 2 is 1.12 bits per heavy atom. The number of hydrogen-bond acceptors (Lipinski definition) is 10. The fourth-order valence-electron chi connectivity index (χ4n) is 5.52. The fraction of sp³-hybridized carbons (Fsp3) is 0.297. The second-order valence-corrected chi connectivity index (χ2v) is 14.1. The van der Waals surface area contributed by atoms with E-state index in [4.69, 9.17) is 36.3 Å². The second-order valence-electron chi connectivity index (χ2n) is 11.2. The van der Waals surface area contributed by atoms with Gasteiger partial charge in [0.05, 0.1) is 5.69 Å². The largest absolute Gasteiger partial charge is 0.757 e.